The molecule has 3 nitrogen and oxygen atoms in total. The Labute approximate surface area is 109 Å². The fourth-order valence-electron chi connectivity index (χ4n) is 2.43. The summed E-state index contributed by atoms with van der Waals surface area (Å²) >= 11 is 0. The summed E-state index contributed by atoms with van der Waals surface area (Å²) in [6.45, 7) is 6.20. The van der Waals surface area contributed by atoms with Crippen LogP contribution < -0.4 is 15.4 Å². The molecule has 98 valence electrons. The normalized spacial score (nSPS) is 17.3. The van der Waals surface area contributed by atoms with E-state index in [1.165, 1.54) is 11.3 Å². The first kappa shape index (κ1) is 13.0. The van der Waals surface area contributed by atoms with Gasteiger partial charge in [0.25, 0.3) is 0 Å². The van der Waals surface area contributed by atoms with Gasteiger partial charge in [0, 0.05) is 30.4 Å². The van der Waals surface area contributed by atoms with Gasteiger partial charge >= 0.3 is 0 Å². The summed E-state index contributed by atoms with van der Waals surface area (Å²) in [5.41, 5.74) is 9.88. The number of benzene rings is 1. The molecular formula is C15H22N2O. The molecule has 0 fully saturated rings. The molecule has 1 aromatic rings. The molecule has 3 heteroatoms. The number of nitrogens with two attached hydrogens (primary N) is 1. The van der Waals surface area contributed by atoms with Crippen molar-refractivity contribution in [2.75, 3.05) is 25.1 Å². The van der Waals surface area contributed by atoms with Gasteiger partial charge < -0.3 is 15.4 Å². The molecule has 2 rings (SSSR count). The van der Waals surface area contributed by atoms with E-state index in [-0.39, 0.29) is 6.04 Å². The van der Waals surface area contributed by atoms with Crippen LogP contribution in [0.25, 0.3) is 0 Å². The van der Waals surface area contributed by atoms with Crippen LogP contribution in [0.15, 0.2) is 29.8 Å². The van der Waals surface area contributed by atoms with Crippen molar-refractivity contribution in [1.29, 1.82) is 0 Å². The molecule has 1 heterocycles. The summed E-state index contributed by atoms with van der Waals surface area (Å²) in [6.07, 6.45) is 3.41. The van der Waals surface area contributed by atoms with E-state index in [1.807, 2.05) is 19.1 Å². The van der Waals surface area contributed by atoms with Gasteiger partial charge in [-0.15, -0.1) is 0 Å². The van der Waals surface area contributed by atoms with Crippen molar-refractivity contribution >= 4 is 5.69 Å². The first-order valence-corrected chi connectivity index (χ1v) is 6.46. The average Bonchev–Trinajstić information content (AvgIpc) is 2.38. The second-order valence-corrected chi connectivity index (χ2v) is 4.93. The summed E-state index contributed by atoms with van der Waals surface area (Å²) in [7, 11) is 1.70. The van der Waals surface area contributed by atoms with Gasteiger partial charge in [0.05, 0.1) is 7.11 Å². The summed E-state index contributed by atoms with van der Waals surface area (Å²) in [4.78, 5) is 2.37. The highest BCUT2D eigenvalue weighted by molar-refractivity contribution is 5.61. The van der Waals surface area contributed by atoms with Gasteiger partial charge in [-0.1, -0.05) is 17.7 Å². The van der Waals surface area contributed by atoms with E-state index < -0.39 is 0 Å². The Morgan fingerprint density at radius 2 is 2.17 bits per heavy atom. The number of hydrogen-bond acceptors (Lipinski definition) is 3. The standard InChI is InChI=1S/C15H22N2O/c1-11-7-9-17(10-8-11)13-5-4-6-14(18-3)15(13)12(2)16/h4-7,12H,8-10,16H2,1-3H3. The highest BCUT2D eigenvalue weighted by Crippen LogP contribution is 2.34. The van der Waals surface area contributed by atoms with Crippen molar-refractivity contribution in [3.63, 3.8) is 0 Å². The van der Waals surface area contributed by atoms with Crippen molar-refractivity contribution in [3.8, 4) is 5.75 Å². The molecule has 18 heavy (non-hydrogen) atoms. The lowest BCUT2D eigenvalue weighted by Gasteiger charge is -2.31. The first-order chi connectivity index (χ1) is 8.63. The third-order valence-electron chi connectivity index (χ3n) is 3.50. The van der Waals surface area contributed by atoms with Crippen LogP contribution in [-0.4, -0.2) is 20.2 Å². The minimum atomic E-state index is -0.0249. The molecule has 1 aliphatic rings. The molecule has 0 aliphatic carbocycles. The summed E-state index contributed by atoms with van der Waals surface area (Å²) in [6, 6.07) is 6.12. The molecule has 1 aliphatic heterocycles. The van der Waals surface area contributed by atoms with E-state index in [9.17, 15) is 0 Å². The Hall–Kier alpha value is -1.48. The van der Waals surface area contributed by atoms with Crippen LogP contribution in [0.1, 0.15) is 31.9 Å². The summed E-state index contributed by atoms with van der Waals surface area (Å²) < 4.78 is 5.44. The maximum atomic E-state index is 6.10. The smallest absolute Gasteiger partial charge is 0.125 e. The number of methoxy groups -OCH3 is 1. The van der Waals surface area contributed by atoms with Gasteiger partial charge in [0.15, 0.2) is 0 Å². The van der Waals surface area contributed by atoms with Crippen molar-refractivity contribution in [2.45, 2.75) is 26.3 Å². The van der Waals surface area contributed by atoms with E-state index in [1.54, 1.807) is 7.11 Å². The molecule has 0 saturated carbocycles. The zero-order valence-electron chi connectivity index (χ0n) is 11.4. The van der Waals surface area contributed by atoms with E-state index in [0.29, 0.717) is 0 Å². The molecule has 0 spiro atoms. The summed E-state index contributed by atoms with van der Waals surface area (Å²) in [5.74, 6) is 0.883. The van der Waals surface area contributed by atoms with Gasteiger partial charge in [0.1, 0.15) is 5.75 Å². The van der Waals surface area contributed by atoms with E-state index in [2.05, 4.69) is 24.0 Å². The second-order valence-electron chi connectivity index (χ2n) is 4.93. The fraction of sp³-hybridized carbons (Fsp3) is 0.467. The molecule has 2 N–H and O–H groups in total. The second kappa shape index (κ2) is 5.44. The van der Waals surface area contributed by atoms with Crippen LogP contribution in [0.4, 0.5) is 5.69 Å². The molecule has 0 aromatic heterocycles. The first-order valence-electron chi connectivity index (χ1n) is 6.46. The van der Waals surface area contributed by atoms with E-state index in [0.717, 1.165) is 30.8 Å². The van der Waals surface area contributed by atoms with Gasteiger partial charge in [-0.25, -0.2) is 0 Å². The minimum absolute atomic E-state index is 0.0249. The van der Waals surface area contributed by atoms with Crippen LogP contribution in [-0.2, 0) is 0 Å². The molecule has 0 amide bonds. The van der Waals surface area contributed by atoms with E-state index >= 15 is 0 Å². The predicted octanol–water partition coefficient (Wildman–Crippen LogP) is 2.87. The molecule has 1 unspecified atom stereocenters. The quantitative estimate of drug-likeness (QED) is 0.833. The van der Waals surface area contributed by atoms with Gasteiger partial charge in [-0.2, -0.15) is 0 Å². The Morgan fingerprint density at radius 3 is 2.72 bits per heavy atom. The van der Waals surface area contributed by atoms with Crippen molar-refractivity contribution in [2.24, 2.45) is 5.73 Å². The Morgan fingerprint density at radius 1 is 1.39 bits per heavy atom. The topological polar surface area (TPSA) is 38.5 Å². The monoisotopic (exact) mass is 246 g/mol. The zero-order valence-corrected chi connectivity index (χ0v) is 11.4. The lowest BCUT2D eigenvalue weighted by Crippen LogP contribution is -2.30. The molecule has 0 radical (unpaired) electrons. The van der Waals surface area contributed by atoms with Crippen LogP contribution in [0.3, 0.4) is 0 Å². The molecular weight excluding hydrogens is 224 g/mol. The fourth-order valence-corrected chi connectivity index (χ4v) is 2.43. The molecule has 0 saturated heterocycles. The number of anilines is 1. The Balaban J connectivity index is 2.38. The lowest BCUT2D eigenvalue weighted by atomic mass is 10.0. The van der Waals surface area contributed by atoms with Crippen LogP contribution in [0.5, 0.6) is 5.75 Å². The largest absolute Gasteiger partial charge is 0.496 e. The van der Waals surface area contributed by atoms with Crippen molar-refractivity contribution in [3.05, 3.63) is 35.4 Å². The molecule has 0 bridgehead atoms. The van der Waals surface area contributed by atoms with Crippen molar-refractivity contribution < 1.29 is 4.74 Å². The third kappa shape index (κ3) is 2.51. The van der Waals surface area contributed by atoms with Gasteiger partial charge in [-0.05, 0) is 32.4 Å². The predicted molar refractivity (Wildman–Crippen MR) is 76.2 cm³/mol. The molecule has 1 aromatic carbocycles. The van der Waals surface area contributed by atoms with Crippen LogP contribution in [0.2, 0.25) is 0 Å². The SMILES string of the molecule is COc1cccc(N2CC=C(C)CC2)c1C(C)N. The Kier molecular flexibility index (Phi) is 3.92. The van der Waals surface area contributed by atoms with Crippen LogP contribution in [0, 0.1) is 0 Å². The molecule has 1 atom stereocenters. The maximum Gasteiger partial charge on any atom is 0.125 e. The van der Waals surface area contributed by atoms with Gasteiger partial charge in [-0.3, -0.25) is 0 Å². The third-order valence-corrected chi connectivity index (χ3v) is 3.50. The number of nitrogens with zero attached hydrogens (tertiary/aromatic N) is 1. The highest BCUT2D eigenvalue weighted by Gasteiger charge is 2.18. The van der Waals surface area contributed by atoms with Crippen molar-refractivity contribution in [1.82, 2.24) is 0 Å². The number of hydrogen-bond donors (Lipinski definition) is 1. The zero-order chi connectivity index (χ0) is 13.1. The minimum Gasteiger partial charge on any atom is -0.496 e. The average molecular weight is 246 g/mol. The maximum absolute atomic E-state index is 6.10. The van der Waals surface area contributed by atoms with Gasteiger partial charge in [0.2, 0.25) is 0 Å². The number of rotatable bonds is 3. The summed E-state index contributed by atoms with van der Waals surface area (Å²) in [5, 5.41) is 0. The van der Waals surface area contributed by atoms with E-state index in [4.69, 9.17) is 10.5 Å². The highest BCUT2D eigenvalue weighted by atomic mass is 16.5. The lowest BCUT2D eigenvalue weighted by molar-refractivity contribution is 0.407. The Bertz CT molecular complexity index is 452. The van der Waals surface area contributed by atoms with Crippen LogP contribution >= 0.6 is 0 Å². The number of ether oxygens (including phenoxy) is 1.